The van der Waals surface area contributed by atoms with E-state index in [9.17, 15) is 9.59 Å². The van der Waals surface area contributed by atoms with Crippen LogP contribution in [0.5, 0.6) is 0 Å². The lowest BCUT2D eigenvalue weighted by molar-refractivity contribution is -0.150. The fourth-order valence-corrected chi connectivity index (χ4v) is 3.23. The van der Waals surface area contributed by atoms with Crippen LogP contribution in [0.4, 0.5) is 0 Å². The first-order valence-corrected chi connectivity index (χ1v) is 6.51. The number of hydrogen-bond acceptors (Lipinski definition) is 5. The number of cyclic esters (lactones) is 1. The largest absolute Gasteiger partial charge is 0.462 e. The van der Waals surface area contributed by atoms with Gasteiger partial charge in [0.25, 0.3) is 0 Å². The Balaban J connectivity index is 1.79. The van der Waals surface area contributed by atoms with Crippen LogP contribution >= 0.6 is 0 Å². The Morgan fingerprint density at radius 2 is 2.06 bits per heavy atom. The summed E-state index contributed by atoms with van der Waals surface area (Å²) in [5.74, 6) is -0.322. The van der Waals surface area contributed by atoms with E-state index in [4.69, 9.17) is 9.47 Å². The number of nitrogens with zero attached hydrogens (tertiary/aromatic N) is 1. The molecule has 18 heavy (non-hydrogen) atoms. The quantitative estimate of drug-likeness (QED) is 0.587. The molecule has 2 fully saturated rings. The van der Waals surface area contributed by atoms with Crippen molar-refractivity contribution in [2.75, 3.05) is 19.7 Å². The summed E-state index contributed by atoms with van der Waals surface area (Å²) in [6, 6.07) is 0.236. The highest BCUT2D eigenvalue weighted by molar-refractivity contribution is 5.83. The number of hydrogen-bond donors (Lipinski definition) is 0. The van der Waals surface area contributed by atoms with Crippen LogP contribution in [0.25, 0.3) is 0 Å². The highest BCUT2D eigenvalue weighted by Gasteiger charge is 2.46. The average molecular weight is 251 g/mol. The molecule has 0 spiro atoms. The molecule has 0 aliphatic carbocycles. The molecule has 3 rings (SSSR count). The van der Waals surface area contributed by atoms with Gasteiger partial charge in [-0.1, -0.05) is 6.08 Å². The minimum Gasteiger partial charge on any atom is -0.462 e. The number of carbonyl (C=O) groups excluding carboxylic acids is 2. The van der Waals surface area contributed by atoms with Crippen molar-refractivity contribution in [3.8, 4) is 0 Å². The van der Waals surface area contributed by atoms with Gasteiger partial charge in [0.05, 0.1) is 19.1 Å². The summed E-state index contributed by atoms with van der Waals surface area (Å²) in [6.07, 6.45) is 4.84. The molecular formula is C13H17NO4. The second kappa shape index (κ2) is 4.72. The molecule has 2 saturated heterocycles. The zero-order valence-corrected chi connectivity index (χ0v) is 10.2. The Labute approximate surface area is 106 Å². The van der Waals surface area contributed by atoms with Gasteiger partial charge in [-0.05, 0) is 19.4 Å². The molecule has 0 aromatic heterocycles. The molecule has 0 aromatic rings. The molecule has 3 atom stereocenters. The summed E-state index contributed by atoms with van der Waals surface area (Å²) in [4.78, 5) is 25.4. The molecule has 0 radical (unpaired) electrons. The maximum Gasteiger partial charge on any atom is 0.330 e. The van der Waals surface area contributed by atoms with Crippen LogP contribution in [0, 0.1) is 5.92 Å². The second-order valence-corrected chi connectivity index (χ2v) is 5.13. The van der Waals surface area contributed by atoms with Crippen molar-refractivity contribution >= 4 is 11.9 Å². The first-order chi connectivity index (χ1) is 8.74. The van der Waals surface area contributed by atoms with Gasteiger partial charge in [0.15, 0.2) is 0 Å². The first-order valence-electron chi connectivity index (χ1n) is 6.51. The molecule has 0 saturated carbocycles. The number of ether oxygens (including phenoxy) is 2. The smallest absolute Gasteiger partial charge is 0.330 e. The minimum absolute atomic E-state index is 0.0322. The molecule has 0 bridgehead atoms. The van der Waals surface area contributed by atoms with Gasteiger partial charge in [-0.25, -0.2) is 4.79 Å². The Kier molecular flexibility index (Phi) is 3.07. The van der Waals surface area contributed by atoms with Gasteiger partial charge in [-0.15, -0.1) is 0 Å². The standard InChI is InChI=1S/C13H17NO4/c15-11-2-1-3-12(16)18-10-5-7-14-6-4-9(8-17-11)13(10)14/h1-2,9-10,13H,3-8H2/b2-1-. The van der Waals surface area contributed by atoms with Crippen LogP contribution in [-0.2, 0) is 19.1 Å². The summed E-state index contributed by atoms with van der Waals surface area (Å²) < 4.78 is 10.8. The lowest BCUT2D eigenvalue weighted by Gasteiger charge is -2.25. The summed E-state index contributed by atoms with van der Waals surface area (Å²) in [7, 11) is 0. The van der Waals surface area contributed by atoms with Gasteiger partial charge in [0.1, 0.15) is 6.10 Å². The SMILES string of the molecule is O=C1/C=C\CC(=O)OC2CCN3CCC(CO1)C23. The van der Waals surface area contributed by atoms with Crippen LogP contribution in [0.3, 0.4) is 0 Å². The van der Waals surface area contributed by atoms with Gasteiger partial charge in [-0.3, -0.25) is 9.69 Å². The predicted octanol–water partition coefficient (Wildman–Crippen LogP) is 0.495. The van der Waals surface area contributed by atoms with Crippen molar-refractivity contribution in [2.24, 2.45) is 5.92 Å². The van der Waals surface area contributed by atoms with E-state index in [1.807, 2.05) is 0 Å². The monoisotopic (exact) mass is 251 g/mol. The van der Waals surface area contributed by atoms with E-state index in [2.05, 4.69) is 4.90 Å². The number of esters is 2. The van der Waals surface area contributed by atoms with Crippen molar-refractivity contribution < 1.29 is 19.1 Å². The zero-order valence-electron chi connectivity index (χ0n) is 10.2. The third kappa shape index (κ3) is 2.14. The van der Waals surface area contributed by atoms with E-state index in [0.717, 1.165) is 25.9 Å². The first kappa shape index (κ1) is 11.7. The van der Waals surface area contributed by atoms with Gasteiger partial charge in [-0.2, -0.15) is 0 Å². The predicted molar refractivity (Wildman–Crippen MR) is 62.7 cm³/mol. The summed E-state index contributed by atoms with van der Waals surface area (Å²) in [5, 5.41) is 0. The highest BCUT2D eigenvalue weighted by atomic mass is 16.5. The van der Waals surface area contributed by atoms with Crippen LogP contribution in [0.15, 0.2) is 12.2 Å². The summed E-state index contributed by atoms with van der Waals surface area (Å²) >= 11 is 0. The molecule has 0 amide bonds. The fraction of sp³-hybridized carbons (Fsp3) is 0.692. The molecule has 5 heteroatoms. The summed E-state index contributed by atoms with van der Waals surface area (Å²) in [6.45, 7) is 2.41. The van der Waals surface area contributed by atoms with Crippen LogP contribution in [0.2, 0.25) is 0 Å². The summed E-state index contributed by atoms with van der Waals surface area (Å²) in [5.41, 5.74) is 0. The Hall–Kier alpha value is -1.36. The zero-order chi connectivity index (χ0) is 12.5. The molecule has 98 valence electrons. The van der Waals surface area contributed by atoms with Crippen molar-refractivity contribution in [3.05, 3.63) is 12.2 Å². The van der Waals surface area contributed by atoms with E-state index in [0.29, 0.717) is 12.5 Å². The van der Waals surface area contributed by atoms with Crippen molar-refractivity contribution in [3.63, 3.8) is 0 Å². The van der Waals surface area contributed by atoms with Crippen molar-refractivity contribution in [1.29, 1.82) is 0 Å². The van der Waals surface area contributed by atoms with Gasteiger partial charge in [0, 0.05) is 18.5 Å². The highest BCUT2D eigenvalue weighted by Crippen LogP contribution is 2.35. The topological polar surface area (TPSA) is 55.8 Å². The third-order valence-electron chi connectivity index (χ3n) is 4.03. The lowest BCUT2D eigenvalue weighted by Crippen LogP contribution is -2.38. The Bertz CT molecular complexity index is 392. The molecule has 0 aromatic carbocycles. The second-order valence-electron chi connectivity index (χ2n) is 5.13. The van der Waals surface area contributed by atoms with Crippen molar-refractivity contribution in [2.45, 2.75) is 31.4 Å². The minimum atomic E-state index is -0.363. The maximum absolute atomic E-state index is 11.7. The van der Waals surface area contributed by atoms with Crippen LogP contribution < -0.4 is 0 Å². The molecule has 3 unspecified atom stereocenters. The van der Waals surface area contributed by atoms with E-state index < -0.39 is 0 Å². The van der Waals surface area contributed by atoms with E-state index in [1.54, 1.807) is 0 Å². The molecule has 5 nitrogen and oxygen atoms in total. The van der Waals surface area contributed by atoms with Crippen molar-refractivity contribution in [1.82, 2.24) is 4.90 Å². The van der Waals surface area contributed by atoms with E-state index in [1.165, 1.54) is 12.2 Å². The Morgan fingerprint density at radius 1 is 1.22 bits per heavy atom. The van der Waals surface area contributed by atoms with Gasteiger partial charge >= 0.3 is 11.9 Å². The molecular weight excluding hydrogens is 234 g/mol. The molecule has 0 N–H and O–H groups in total. The Morgan fingerprint density at radius 3 is 2.94 bits per heavy atom. The van der Waals surface area contributed by atoms with Gasteiger partial charge in [0.2, 0.25) is 0 Å². The van der Waals surface area contributed by atoms with Crippen LogP contribution in [-0.4, -0.2) is 48.7 Å². The number of rotatable bonds is 0. The third-order valence-corrected chi connectivity index (χ3v) is 4.03. The fourth-order valence-electron chi connectivity index (χ4n) is 3.23. The normalized spacial score (nSPS) is 38.6. The molecule has 3 aliphatic heterocycles. The van der Waals surface area contributed by atoms with E-state index >= 15 is 0 Å². The molecule has 3 heterocycles. The maximum atomic E-state index is 11.7. The van der Waals surface area contributed by atoms with E-state index in [-0.39, 0.29) is 30.5 Å². The molecule has 3 aliphatic rings. The lowest BCUT2D eigenvalue weighted by atomic mass is 9.97. The van der Waals surface area contributed by atoms with Crippen LogP contribution in [0.1, 0.15) is 19.3 Å². The van der Waals surface area contributed by atoms with Gasteiger partial charge < -0.3 is 9.47 Å². The number of carbonyl (C=O) groups is 2. The average Bonchev–Trinajstić information content (AvgIpc) is 2.89.